The Kier molecular flexibility index (Phi) is 4.44. The lowest BCUT2D eigenvalue weighted by Crippen LogP contribution is -2.41. The molecule has 1 spiro atoms. The van der Waals surface area contributed by atoms with E-state index in [0.29, 0.717) is 23.9 Å². The average molecular weight is 381 g/mol. The Bertz CT molecular complexity index is 853. The Balaban J connectivity index is 1.24. The number of carbonyl (C=O) groups is 1. The SMILES string of the molecule is CCc1n[nH]c(CN2C[C@@H]3[C@H](CNC(=O)c4ccccc4)[C@H]4CC[C@]3(C2)O4)n1. The highest BCUT2D eigenvalue weighted by Crippen LogP contribution is 2.54. The zero-order valence-corrected chi connectivity index (χ0v) is 16.2. The standard InChI is InChI=1S/C21H27N5O2/c1-2-18-23-19(25-24-18)12-26-11-16-15(17-8-9-21(16,13-26)28-17)10-22-20(27)14-6-4-3-5-7-14/h3-7,15-17H,2,8-13H2,1H3,(H,22,27)(H,23,24,25)/t15-,16+,17+,21+/m0/s1. The van der Waals surface area contributed by atoms with E-state index < -0.39 is 0 Å². The zero-order valence-electron chi connectivity index (χ0n) is 16.2. The quantitative estimate of drug-likeness (QED) is 0.797. The maximum Gasteiger partial charge on any atom is 0.251 e. The lowest BCUT2D eigenvalue weighted by Gasteiger charge is -2.29. The van der Waals surface area contributed by atoms with Crippen molar-refractivity contribution in [3.05, 3.63) is 47.5 Å². The number of ether oxygens (including phenoxy) is 1. The molecule has 1 amide bonds. The van der Waals surface area contributed by atoms with Gasteiger partial charge < -0.3 is 10.1 Å². The molecule has 3 aliphatic heterocycles. The number of nitrogens with zero attached hydrogens (tertiary/aromatic N) is 3. The van der Waals surface area contributed by atoms with Gasteiger partial charge in [0.2, 0.25) is 0 Å². The number of amides is 1. The van der Waals surface area contributed by atoms with Crippen LogP contribution < -0.4 is 5.32 Å². The number of carbonyl (C=O) groups excluding carboxylic acids is 1. The van der Waals surface area contributed by atoms with E-state index >= 15 is 0 Å². The fraction of sp³-hybridized carbons (Fsp3) is 0.571. The number of benzene rings is 1. The third-order valence-electron chi connectivity index (χ3n) is 6.66. The van der Waals surface area contributed by atoms with Crippen molar-refractivity contribution in [2.75, 3.05) is 19.6 Å². The molecule has 0 unspecified atom stereocenters. The number of rotatable bonds is 6. The number of H-pyrrole nitrogens is 1. The Morgan fingerprint density at radius 1 is 1.39 bits per heavy atom. The van der Waals surface area contributed by atoms with E-state index in [0.717, 1.165) is 50.5 Å². The molecule has 0 radical (unpaired) electrons. The molecule has 5 rings (SSSR count). The van der Waals surface area contributed by atoms with E-state index in [9.17, 15) is 4.79 Å². The molecule has 2 bridgehead atoms. The number of aromatic nitrogens is 3. The second-order valence-electron chi connectivity index (χ2n) is 8.33. The van der Waals surface area contributed by atoms with Crippen molar-refractivity contribution in [3.8, 4) is 0 Å². The summed E-state index contributed by atoms with van der Waals surface area (Å²) in [4.78, 5) is 19.4. The topological polar surface area (TPSA) is 83.1 Å². The maximum absolute atomic E-state index is 12.5. The first-order valence-electron chi connectivity index (χ1n) is 10.3. The van der Waals surface area contributed by atoms with Gasteiger partial charge in [-0.2, -0.15) is 5.10 Å². The molecule has 7 nitrogen and oxygen atoms in total. The van der Waals surface area contributed by atoms with E-state index in [1.54, 1.807) is 0 Å². The van der Waals surface area contributed by atoms with Gasteiger partial charge in [0.25, 0.3) is 5.91 Å². The van der Waals surface area contributed by atoms with Gasteiger partial charge in [-0.15, -0.1) is 0 Å². The minimum absolute atomic E-state index is 0.000955. The summed E-state index contributed by atoms with van der Waals surface area (Å²) in [7, 11) is 0. The monoisotopic (exact) mass is 381 g/mol. The van der Waals surface area contributed by atoms with Gasteiger partial charge in [0.1, 0.15) is 11.6 Å². The second kappa shape index (κ2) is 6.97. The minimum Gasteiger partial charge on any atom is -0.370 e. The van der Waals surface area contributed by atoms with Crippen LogP contribution in [0.4, 0.5) is 0 Å². The summed E-state index contributed by atoms with van der Waals surface area (Å²) in [6.07, 6.45) is 3.34. The molecule has 148 valence electrons. The lowest BCUT2D eigenvalue weighted by atomic mass is 9.73. The van der Waals surface area contributed by atoms with Gasteiger partial charge in [-0.25, -0.2) is 4.98 Å². The molecule has 0 aliphatic carbocycles. The number of hydrogen-bond acceptors (Lipinski definition) is 5. The molecule has 0 saturated carbocycles. The summed E-state index contributed by atoms with van der Waals surface area (Å²) in [6.45, 7) is 5.46. The summed E-state index contributed by atoms with van der Waals surface area (Å²) >= 11 is 0. The molecule has 28 heavy (non-hydrogen) atoms. The van der Waals surface area contributed by atoms with Crippen molar-refractivity contribution in [3.63, 3.8) is 0 Å². The van der Waals surface area contributed by atoms with E-state index in [1.807, 2.05) is 30.3 Å². The normalized spacial score (nSPS) is 31.2. The molecule has 7 heteroatoms. The smallest absolute Gasteiger partial charge is 0.251 e. The predicted molar refractivity (Wildman–Crippen MR) is 104 cm³/mol. The van der Waals surface area contributed by atoms with Crippen LogP contribution in [-0.4, -0.2) is 57.3 Å². The van der Waals surface area contributed by atoms with Crippen LogP contribution in [0.3, 0.4) is 0 Å². The minimum atomic E-state index is -0.0413. The van der Waals surface area contributed by atoms with Crippen molar-refractivity contribution in [1.82, 2.24) is 25.4 Å². The van der Waals surface area contributed by atoms with Crippen LogP contribution in [0.25, 0.3) is 0 Å². The molecular weight excluding hydrogens is 354 g/mol. The van der Waals surface area contributed by atoms with Crippen molar-refractivity contribution in [2.24, 2.45) is 11.8 Å². The molecule has 1 aromatic carbocycles. The van der Waals surface area contributed by atoms with Gasteiger partial charge in [0, 0.05) is 43.5 Å². The summed E-state index contributed by atoms with van der Waals surface area (Å²) in [5.74, 6) is 2.65. The number of hydrogen-bond donors (Lipinski definition) is 2. The van der Waals surface area contributed by atoms with Crippen molar-refractivity contribution >= 4 is 5.91 Å². The van der Waals surface area contributed by atoms with Crippen LogP contribution in [0.5, 0.6) is 0 Å². The molecule has 3 saturated heterocycles. The van der Waals surface area contributed by atoms with E-state index in [-0.39, 0.29) is 17.6 Å². The number of fused-ring (bicyclic) bond motifs is 1. The second-order valence-corrected chi connectivity index (χ2v) is 8.33. The third kappa shape index (κ3) is 3.02. The van der Waals surface area contributed by atoms with Gasteiger partial charge in [0.05, 0.1) is 18.2 Å². The first kappa shape index (κ1) is 17.8. The van der Waals surface area contributed by atoms with Crippen LogP contribution in [0.15, 0.2) is 30.3 Å². The van der Waals surface area contributed by atoms with Crippen LogP contribution in [0, 0.1) is 11.8 Å². The first-order valence-corrected chi connectivity index (χ1v) is 10.3. The molecular formula is C21H27N5O2. The summed E-state index contributed by atoms with van der Waals surface area (Å²) in [5.41, 5.74) is 0.673. The Labute approximate surface area is 164 Å². The average Bonchev–Trinajstić information content (AvgIpc) is 3.47. The Morgan fingerprint density at radius 2 is 2.25 bits per heavy atom. The zero-order chi connectivity index (χ0) is 19.1. The predicted octanol–water partition coefficient (Wildman–Crippen LogP) is 1.78. The maximum atomic E-state index is 12.5. The van der Waals surface area contributed by atoms with Crippen molar-refractivity contribution < 1.29 is 9.53 Å². The molecule has 4 heterocycles. The fourth-order valence-corrected chi connectivity index (χ4v) is 5.36. The summed E-state index contributed by atoms with van der Waals surface area (Å²) < 4.78 is 6.49. The number of aromatic amines is 1. The largest absolute Gasteiger partial charge is 0.370 e. The molecule has 2 N–H and O–H groups in total. The highest BCUT2D eigenvalue weighted by Gasteiger charge is 2.62. The van der Waals surface area contributed by atoms with Crippen LogP contribution in [-0.2, 0) is 17.7 Å². The van der Waals surface area contributed by atoms with E-state index in [2.05, 4.69) is 32.3 Å². The van der Waals surface area contributed by atoms with Gasteiger partial charge in [-0.1, -0.05) is 25.1 Å². The van der Waals surface area contributed by atoms with Crippen LogP contribution >= 0.6 is 0 Å². The number of aryl methyl sites for hydroxylation is 1. The van der Waals surface area contributed by atoms with Gasteiger partial charge in [-0.3, -0.25) is 14.8 Å². The molecule has 3 aliphatic rings. The Hall–Kier alpha value is -2.25. The van der Waals surface area contributed by atoms with Crippen molar-refractivity contribution in [1.29, 1.82) is 0 Å². The lowest BCUT2D eigenvalue weighted by molar-refractivity contribution is 0.00195. The molecule has 1 aromatic heterocycles. The van der Waals surface area contributed by atoms with Crippen LogP contribution in [0.2, 0.25) is 0 Å². The molecule has 2 aromatic rings. The third-order valence-corrected chi connectivity index (χ3v) is 6.66. The Morgan fingerprint density at radius 3 is 3.04 bits per heavy atom. The van der Waals surface area contributed by atoms with Gasteiger partial charge >= 0.3 is 0 Å². The van der Waals surface area contributed by atoms with E-state index in [1.165, 1.54) is 0 Å². The number of likely N-dealkylation sites (tertiary alicyclic amines) is 1. The van der Waals surface area contributed by atoms with Gasteiger partial charge in [-0.05, 0) is 25.0 Å². The van der Waals surface area contributed by atoms with Crippen LogP contribution in [0.1, 0.15) is 41.8 Å². The number of nitrogens with one attached hydrogen (secondary N) is 2. The first-order chi connectivity index (χ1) is 13.7. The fourth-order valence-electron chi connectivity index (χ4n) is 5.36. The molecule has 3 fully saturated rings. The summed E-state index contributed by atoms with van der Waals surface area (Å²) in [6, 6.07) is 9.43. The summed E-state index contributed by atoms with van der Waals surface area (Å²) in [5, 5.41) is 10.4. The molecule has 4 atom stereocenters. The van der Waals surface area contributed by atoms with Gasteiger partial charge in [0.15, 0.2) is 0 Å². The van der Waals surface area contributed by atoms with Crippen molar-refractivity contribution in [2.45, 2.75) is 44.4 Å². The van der Waals surface area contributed by atoms with E-state index in [4.69, 9.17) is 4.74 Å². The highest BCUT2D eigenvalue weighted by molar-refractivity contribution is 5.94. The highest BCUT2D eigenvalue weighted by atomic mass is 16.5.